The quantitative estimate of drug-likeness (QED) is 0.648. The van der Waals surface area contributed by atoms with E-state index in [1.54, 1.807) is 0 Å². The smallest absolute Gasteiger partial charge is 0.254 e. The molecule has 2 rings (SSSR count). The van der Waals surface area contributed by atoms with Crippen molar-refractivity contribution in [1.82, 2.24) is 10.2 Å². The van der Waals surface area contributed by atoms with Gasteiger partial charge in [0.1, 0.15) is 0 Å². The molecule has 2 aliphatic heterocycles. The molecule has 0 aromatic heterocycles. The zero-order valence-electron chi connectivity index (χ0n) is 8.82. The van der Waals surface area contributed by atoms with E-state index in [1.807, 2.05) is 4.90 Å². The average molecular weight is 198 g/mol. The van der Waals surface area contributed by atoms with Crippen LogP contribution in [0.4, 0.5) is 0 Å². The average Bonchev–Trinajstić information content (AvgIpc) is 2.86. The highest BCUT2D eigenvalue weighted by Crippen LogP contribution is 2.17. The Balaban J connectivity index is 1.78. The number of epoxide rings is 1. The molecule has 0 bridgehead atoms. The Hall–Kier alpha value is -0.610. The highest BCUT2D eigenvalue weighted by molar-refractivity contribution is 5.83. The van der Waals surface area contributed by atoms with Crippen molar-refractivity contribution in [3.63, 3.8) is 0 Å². The van der Waals surface area contributed by atoms with Crippen LogP contribution < -0.4 is 5.32 Å². The number of ether oxygens (including phenoxy) is 1. The Bertz CT molecular complexity index is 226. The van der Waals surface area contributed by atoms with Crippen molar-refractivity contribution in [2.75, 3.05) is 19.7 Å². The minimum absolute atomic E-state index is 0.118. The van der Waals surface area contributed by atoms with Crippen molar-refractivity contribution < 1.29 is 9.53 Å². The van der Waals surface area contributed by atoms with Crippen LogP contribution in [0, 0.1) is 0 Å². The highest BCUT2D eigenvalue weighted by atomic mass is 16.6. The lowest BCUT2D eigenvalue weighted by molar-refractivity contribution is -0.131. The molecule has 2 aliphatic rings. The lowest BCUT2D eigenvalue weighted by Crippen LogP contribution is -2.39. The molecule has 2 fully saturated rings. The molecule has 2 heterocycles. The maximum Gasteiger partial charge on any atom is 0.254 e. The third kappa shape index (κ3) is 2.25. The number of hydrogen-bond donors (Lipinski definition) is 1. The van der Waals surface area contributed by atoms with Gasteiger partial charge in [-0.3, -0.25) is 4.79 Å². The van der Waals surface area contributed by atoms with Gasteiger partial charge in [-0.25, -0.2) is 0 Å². The fraction of sp³-hybridized carbons (Fsp3) is 0.900. The molecular weight excluding hydrogens is 180 g/mol. The third-order valence-electron chi connectivity index (χ3n) is 2.68. The summed E-state index contributed by atoms with van der Waals surface area (Å²) in [6, 6.07) is 0.963. The summed E-state index contributed by atoms with van der Waals surface area (Å²) in [7, 11) is 0. The number of hydrogen-bond acceptors (Lipinski definition) is 3. The summed E-state index contributed by atoms with van der Waals surface area (Å²) in [6.07, 6.45) is 0.948. The van der Waals surface area contributed by atoms with Crippen LogP contribution in [0.1, 0.15) is 20.3 Å². The van der Waals surface area contributed by atoms with Crippen molar-refractivity contribution >= 4 is 5.91 Å². The molecule has 1 amide bonds. The molecule has 2 saturated heterocycles. The van der Waals surface area contributed by atoms with Crippen LogP contribution in [0.25, 0.3) is 0 Å². The lowest BCUT2D eigenvalue weighted by atomic mass is 10.2. The molecule has 0 aliphatic carbocycles. The summed E-state index contributed by atoms with van der Waals surface area (Å²) >= 11 is 0. The van der Waals surface area contributed by atoms with Gasteiger partial charge >= 0.3 is 0 Å². The molecule has 1 N–H and O–H groups in total. The van der Waals surface area contributed by atoms with Crippen LogP contribution in [0.2, 0.25) is 0 Å². The Labute approximate surface area is 84.6 Å². The van der Waals surface area contributed by atoms with Crippen molar-refractivity contribution in [2.24, 2.45) is 0 Å². The number of amides is 1. The number of likely N-dealkylation sites (tertiary alicyclic amines) is 1. The van der Waals surface area contributed by atoms with Gasteiger partial charge in [0, 0.05) is 25.2 Å². The van der Waals surface area contributed by atoms with Crippen LogP contribution in [0.15, 0.2) is 0 Å². The summed E-state index contributed by atoms with van der Waals surface area (Å²) in [4.78, 5) is 13.5. The first-order chi connectivity index (χ1) is 6.66. The van der Waals surface area contributed by atoms with Crippen molar-refractivity contribution in [2.45, 2.75) is 38.5 Å². The maximum atomic E-state index is 11.6. The van der Waals surface area contributed by atoms with Crippen LogP contribution in [-0.2, 0) is 9.53 Å². The van der Waals surface area contributed by atoms with E-state index in [9.17, 15) is 4.79 Å². The van der Waals surface area contributed by atoms with E-state index < -0.39 is 0 Å². The second-order valence-corrected chi connectivity index (χ2v) is 4.41. The third-order valence-corrected chi connectivity index (χ3v) is 2.68. The minimum atomic E-state index is -0.118. The monoisotopic (exact) mass is 198 g/mol. The second kappa shape index (κ2) is 3.87. The number of carbonyl (C=O) groups is 1. The first kappa shape index (κ1) is 9.93. The highest BCUT2D eigenvalue weighted by Gasteiger charge is 2.37. The molecule has 0 aromatic rings. The second-order valence-electron chi connectivity index (χ2n) is 4.41. The molecule has 0 spiro atoms. The Morgan fingerprint density at radius 2 is 2.29 bits per heavy atom. The van der Waals surface area contributed by atoms with Crippen LogP contribution >= 0.6 is 0 Å². The zero-order chi connectivity index (χ0) is 10.1. The van der Waals surface area contributed by atoms with E-state index in [0.717, 1.165) is 19.5 Å². The largest absolute Gasteiger partial charge is 0.363 e. The van der Waals surface area contributed by atoms with Crippen molar-refractivity contribution in [1.29, 1.82) is 0 Å². The number of carbonyl (C=O) groups excluding carboxylic acids is 1. The predicted molar refractivity (Wildman–Crippen MR) is 53.0 cm³/mol. The van der Waals surface area contributed by atoms with E-state index in [2.05, 4.69) is 19.2 Å². The summed E-state index contributed by atoms with van der Waals surface area (Å²) in [5, 5.41) is 3.45. The van der Waals surface area contributed by atoms with Gasteiger partial charge < -0.3 is 15.0 Å². The number of nitrogens with zero attached hydrogens (tertiary/aromatic N) is 1. The molecule has 14 heavy (non-hydrogen) atoms. The maximum absolute atomic E-state index is 11.6. The Kier molecular flexibility index (Phi) is 2.74. The van der Waals surface area contributed by atoms with E-state index in [4.69, 9.17) is 4.74 Å². The van der Waals surface area contributed by atoms with Crippen molar-refractivity contribution in [3.8, 4) is 0 Å². The molecule has 0 saturated carbocycles. The molecule has 0 aromatic carbocycles. The fourth-order valence-corrected chi connectivity index (χ4v) is 1.96. The van der Waals surface area contributed by atoms with Gasteiger partial charge in [-0.1, -0.05) is 13.8 Å². The van der Waals surface area contributed by atoms with E-state index in [-0.39, 0.29) is 12.0 Å². The minimum Gasteiger partial charge on any atom is -0.363 e. The molecular formula is C10H18N2O2. The van der Waals surface area contributed by atoms with Gasteiger partial charge in [0.25, 0.3) is 5.91 Å². The number of nitrogens with one attached hydrogen (secondary N) is 1. The van der Waals surface area contributed by atoms with Gasteiger partial charge in [0.15, 0.2) is 6.10 Å². The Morgan fingerprint density at radius 1 is 1.57 bits per heavy atom. The molecule has 4 heteroatoms. The zero-order valence-corrected chi connectivity index (χ0v) is 8.82. The van der Waals surface area contributed by atoms with Crippen LogP contribution in [0.5, 0.6) is 0 Å². The van der Waals surface area contributed by atoms with Gasteiger partial charge in [0.2, 0.25) is 0 Å². The molecule has 2 atom stereocenters. The summed E-state index contributed by atoms with van der Waals surface area (Å²) in [5.41, 5.74) is 0. The normalized spacial score (nSPS) is 31.2. The predicted octanol–water partition coefficient (Wildman–Crippen LogP) is -0.0159. The topological polar surface area (TPSA) is 44.9 Å². The van der Waals surface area contributed by atoms with Gasteiger partial charge in [-0.05, 0) is 6.42 Å². The molecule has 0 radical (unpaired) electrons. The van der Waals surface area contributed by atoms with E-state index in [0.29, 0.717) is 18.7 Å². The van der Waals surface area contributed by atoms with Gasteiger partial charge in [-0.2, -0.15) is 0 Å². The number of rotatable bonds is 3. The molecule has 2 unspecified atom stereocenters. The van der Waals surface area contributed by atoms with Gasteiger partial charge in [0.05, 0.1) is 6.61 Å². The Morgan fingerprint density at radius 3 is 2.86 bits per heavy atom. The first-order valence-electron chi connectivity index (χ1n) is 5.33. The molecule has 80 valence electrons. The summed E-state index contributed by atoms with van der Waals surface area (Å²) in [5.74, 6) is 0.179. The van der Waals surface area contributed by atoms with Gasteiger partial charge in [-0.15, -0.1) is 0 Å². The van der Waals surface area contributed by atoms with Crippen molar-refractivity contribution in [3.05, 3.63) is 0 Å². The fourth-order valence-electron chi connectivity index (χ4n) is 1.96. The molecule has 4 nitrogen and oxygen atoms in total. The van der Waals surface area contributed by atoms with Crippen LogP contribution in [-0.4, -0.2) is 48.7 Å². The first-order valence-corrected chi connectivity index (χ1v) is 5.33. The lowest BCUT2D eigenvalue weighted by Gasteiger charge is -2.17. The standard InChI is InChI=1S/C10H18N2O2/c1-7(2)11-8-3-4-12(5-8)10(13)9-6-14-9/h7-9,11H,3-6H2,1-2H3. The van der Waals surface area contributed by atoms with E-state index in [1.165, 1.54) is 0 Å². The summed E-state index contributed by atoms with van der Waals surface area (Å²) in [6.45, 7) is 6.61. The summed E-state index contributed by atoms with van der Waals surface area (Å²) < 4.78 is 4.99. The van der Waals surface area contributed by atoms with Crippen LogP contribution in [0.3, 0.4) is 0 Å². The van der Waals surface area contributed by atoms with E-state index >= 15 is 0 Å². The SMILES string of the molecule is CC(C)NC1CCN(C(=O)C2CO2)C1.